The van der Waals surface area contributed by atoms with Crippen LogP contribution in [0.4, 0.5) is 0 Å². The van der Waals surface area contributed by atoms with Crippen LogP contribution in [-0.4, -0.2) is 46.9 Å². The second-order valence-electron chi connectivity index (χ2n) is 8.78. The van der Waals surface area contributed by atoms with Crippen LogP contribution in [0.1, 0.15) is 75.9 Å². The molecular weight excluding hydrogens is 412 g/mol. The number of ether oxygens (including phenoxy) is 2. The van der Waals surface area contributed by atoms with E-state index in [1.165, 1.54) is 4.90 Å². The number of nitrogens with zero attached hydrogens (tertiary/aromatic N) is 1. The lowest BCUT2D eigenvalue weighted by atomic mass is 9.95. The molecule has 1 aliphatic heterocycles. The molecule has 0 bridgehead atoms. The van der Waals surface area contributed by atoms with Crippen molar-refractivity contribution in [2.24, 2.45) is 5.73 Å². The average molecular weight is 445 g/mol. The van der Waals surface area contributed by atoms with Crippen molar-refractivity contribution in [3.8, 4) is 0 Å². The normalized spacial score (nSPS) is 15.1. The first kappa shape index (κ1) is 25.1. The maximum Gasteiger partial charge on any atom is 0.333 e. The molecule has 0 saturated heterocycles. The molecule has 1 atom stereocenters. The monoisotopic (exact) mass is 444 g/mol. The summed E-state index contributed by atoms with van der Waals surface area (Å²) < 4.78 is 10.4. The summed E-state index contributed by atoms with van der Waals surface area (Å²) in [5.74, 6) is -1.91. The first-order valence-electron chi connectivity index (χ1n) is 10.7. The number of hydrogen-bond acceptors (Lipinski definition) is 6. The number of amides is 2. The van der Waals surface area contributed by atoms with Gasteiger partial charge in [0.05, 0.1) is 6.61 Å². The maximum absolute atomic E-state index is 13.1. The third-order valence-corrected chi connectivity index (χ3v) is 5.29. The van der Waals surface area contributed by atoms with Crippen molar-refractivity contribution in [2.45, 2.75) is 72.6 Å². The summed E-state index contributed by atoms with van der Waals surface area (Å²) in [6.07, 6.45) is 0.0226. The zero-order chi connectivity index (χ0) is 24.2. The van der Waals surface area contributed by atoms with E-state index in [2.05, 4.69) is 0 Å². The third kappa shape index (κ3) is 5.75. The van der Waals surface area contributed by atoms with Crippen LogP contribution >= 0.6 is 0 Å². The second kappa shape index (κ2) is 9.97. The van der Waals surface area contributed by atoms with E-state index < -0.39 is 29.5 Å². The molecule has 1 heterocycles. The number of primary amides is 1. The Morgan fingerprint density at radius 2 is 1.84 bits per heavy atom. The van der Waals surface area contributed by atoms with E-state index in [9.17, 15) is 19.2 Å². The molecule has 0 saturated carbocycles. The summed E-state index contributed by atoms with van der Waals surface area (Å²) in [5, 5.41) is 0. The van der Waals surface area contributed by atoms with Crippen molar-refractivity contribution in [1.29, 1.82) is 0 Å². The number of esters is 2. The molecule has 0 radical (unpaired) electrons. The number of carbonyl (C=O) groups excluding carboxylic acids is 4. The molecule has 2 N–H and O–H groups in total. The lowest BCUT2D eigenvalue weighted by Gasteiger charge is -2.26. The predicted molar refractivity (Wildman–Crippen MR) is 119 cm³/mol. The predicted octanol–water partition coefficient (Wildman–Crippen LogP) is 2.97. The summed E-state index contributed by atoms with van der Waals surface area (Å²) >= 11 is 0. The fourth-order valence-corrected chi connectivity index (χ4v) is 3.65. The minimum absolute atomic E-state index is 0.0429. The highest BCUT2D eigenvalue weighted by molar-refractivity contribution is 6.03. The molecule has 0 aromatic heterocycles. The van der Waals surface area contributed by atoms with Crippen LogP contribution in [0.5, 0.6) is 0 Å². The van der Waals surface area contributed by atoms with Crippen LogP contribution in [0.3, 0.4) is 0 Å². The summed E-state index contributed by atoms with van der Waals surface area (Å²) in [6.45, 7) is 10.9. The van der Waals surface area contributed by atoms with Gasteiger partial charge in [-0.25, -0.2) is 4.79 Å². The summed E-state index contributed by atoms with van der Waals surface area (Å²) in [7, 11) is 0. The Bertz CT molecular complexity index is 958. The van der Waals surface area contributed by atoms with Gasteiger partial charge in [0.2, 0.25) is 5.91 Å². The molecule has 1 aromatic carbocycles. The van der Waals surface area contributed by atoms with Crippen molar-refractivity contribution < 1.29 is 28.7 Å². The molecule has 1 aliphatic rings. The van der Waals surface area contributed by atoms with Crippen LogP contribution in [0, 0.1) is 0 Å². The largest absolute Gasteiger partial charge is 0.463 e. The van der Waals surface area contributed by atoms with Gasteiger partial charge in [-0.3, -0.25) is 14.4 Å². The van der Waals surface area contributed by atoms with Gasteiger partial charge < -0.3 is 20.1 Å². The summed E-state index contributed by atoms with van der Waals surface area (Å²) in [4.78, 5) is 50.9. The first-order valence-corrected chi connectivity index (χ1v) is 10.7. The number of carbonyl (C=O) groups is 4. The van der Waals surface area contributed by atoms with E-state index >= 15 is 0 Å². The Kier molecular flexibility index (Phi) is 7.83. The zero-order valence-corrected chi connectivity index (χ0v) is 19.6. The second-order valence-corrected chi connectivity index (χ2v) is 8.78. The van der Waals surface area contributed by atoms with Crippen LogP contribution in [0.25, 0.3) is 5.57 Å². The Labute approximate surface area is 188 Å². The number of benzene rings is 1. The Hall–Kier alpha value is -3.16. The molecule has 1 aromatic rings. The zero-order valence-electron chi connectivity index (χ0n) is 19.6. The van der Waals surface area contributed by atoms with Crippen LogP contribution in [0.15, 0.2) is 23.8 Å². The molecular formula is C24H32N2O6. The van der Waals surface area contributed by atoms with Gasteiger partial charge in [-0.05, 0) is 70.7 Å². The molecule has 32 heavy (non-hydrogen) atoms. The minimum Gasteiger partial charge on any atom is -0.463 e. The lowest BCUT2D eigenvalue weighted by molar-refractivity contribution is -0.155. The summed E-state index contributed by atoms with van der Waals surface area (Å²) in [6, 6.07) is 4.29. The molecule has 2 amide bonds. The number of fused-ring (bicyclic) bond motifs is 1. The SMILES string of the molecule is CCOC(=O)/C(C)=C(\C)c1cccc2c1CN(C(CCC(=O)OC(C)(C)C)C(N)=O)C2=O. The topological polar surface area (TPSA) is 116 Å². The number of allylic oxidation sites excluding steroid dienone is 1. The quantitative estimate of drug-likeness (QED) is 0.487. The van der Waals surface area contributed by atoms with Gasteiger partial charge in [0.25, 0.3) is 5.91 Å². The molecule has 174 valence electrons. The highest BCUT2D eigenvalue weighted by Crippen LogP contribution is 2.33. The van der Waals surface area contributed by atoms with Gasteiger partial charge in [0.15, 0.2) is 0 Å². The lowest BCUT2D eigenvalue weighted by Crippen LogP contribution is -2.45. The minimum atomic E-state index is -0.953. The number of rotatable bonds is 8. The van der Waals surface area contributed by atoms with Crippen molar-refractivity contribution in [3.63, 3.8) is 0 Å². The molecule has 0 aliphatic carbocycles. The van der Waals surface area contributed by atoms with Crippen LogP contribution < -0.4 is 5.73 Å². The van der Waals surface area contributed by atoms with Gasteiger partial charge in [0, 0.05) is 24.1 Å². The fourth-order valence-electron chi connectivity index (χ4n) is 3.65. The molecule has 8 nitrogen and oxygen atoms in total. The Morgan fingerprint density at radius 1 is 1.19 bits per heavy atom. The van der Waals surface area contributed by atoms with E-state index in [0.717, 1.165) is 5.56 Å². The number of hydrogen-bond donors (Lipinski definition) is 1. The smallest absolute Gasteiger partial charge is 0.333 e. The van der Waals surface area contributed by atoms with Gasteiger partial charge in [-0.15, -0.1) is 0 Å². The van der Waals surface area contributed by atoms with E-state index in [4.69, 9.17) is 15.2 Å². The highest BCUT2D eigenvalue weighted by atomic mass is 16.6. The van der Waals surface area contributed by atoms with Crippen molar-refractivity contribution in [1.82, 2.24) is 4.90 Å². The van der Waals surface area contributed by atoms with Gasteiger partial charge in [-0.1, -0.05) is 12.1 Å². The third-order valence-electron chi connectivity index (χ3n) is 5.29. The first-order chi connectivity index (χ1) is 14.9. The van der Waals surface area contributed by atoms with Gasteiger partial charge in [0.1, 0.15) is 11.6 Å². The van der Waals surface area contributed by atoms with Crippen molar-refractivity contribution in [2.75, 3.05) is 6.61 Å². The standard InChI is InChI=1S/C24H32N2O6/c1-7-31-23(30)15(3)14(2)16-9-8-10-17-18(16)13-26(22(17)29)19(21(25)28)11-12-20(27)32-24(4,5)6/h8-10,19H,7,11-13H2,1-6H3,(H2,25,28)/b15-14+. The van der Waals surface area contributed by atoms with Crippen LogP contribution in [-0.2, 0) is 30.4 Å². The number of nitrogens with two attached hydrogens (primary N) is 1. The van der Waals surface area contributed by atoms with Gasteiger partial charge >= 0.3 is 11.9 Å². The van der Waals surface area contributed by atoms with E-state index in [1.807, 2.05) is 6.07 Å². The Morgan fingerprint density at radius 3 is 2.41 bits per heavy atom. The van der Waals surface area contributed by atoms with Crippen molar-refractivity contribution in [3.05, 3.63) is 40.5 Å². The van der Waals surface area contributed by atoms with Crippen molar-refractivity contribution >= 4 is 29.3 Å². The van der Waals surface area contributed by atoms with Crippen LogP contribution in [0.2, 0.25) is 0 Å². The highest BCUT2D eigenvalue weighted by Gasteiger charge is 2.37. The molecule has 8 heteroatoms. The average Bonchev–Trinajstić information content (AvgIpc) is 3.02. The molecule has 0 fully saturated rings. The molecule has 1 unspecified atom stereocenters. The van der Waals surface area contributed by atoms with E-state index in [-0.39, 0.29) is 31.9 Å². The fraction of sp³-hybridized carbons (Fsp3) is 0.500. The molecule has 0 spiro atoms. The van der Waals surface area contributed by atoms with Gasteiger partial charge in [-0.2, -0.15) is 0 Å². The van der Waals surface area contributed by atoms with E-state index in [1.54, 1.807) is 53.7 Å². The maximum atomic E-state index is 13.1. The van der Waals surface area contributed by atoms with E-state index in [0.29, 0.717) is 22.3 Å². The Balaban J connectivity index is 2.30. The summed E-state index contributed by atoms with van der Waals surface area (Å²) in [5.41, 5.74) is 7.98. The molecule has 2 rings (SSSR count).